The summed E-state index contributed by atoms with van der Waals surface area (Å²) in [5.74, 6) is 1.37. The van der Waals surface area contributed by atoms with E-state index in [2.05, 4.69) is 16.3 Å². The van der Waals surface area contributed by atoms with Crippen molar-refractivity contribution in [1.29, 1.82) is 0 Å². The highest BCUT2D eigenvalue weighted by molar-refractivity contribution is 7.05. The van der Waals surface area contributed by atoms with Crippen molar-refractivity contribution in [1.82, 2.24) is 9.36 Å². The van der Waals surface area contributed by atoms with Crippen molar-refractivity contribution in [3.8, 4) is 17.1 Å². The van der Waals surface area contributed by atoms with Gasteiger partial charge in [-0.25, -0.2) is 4.98 Å². The van der Waals surface area contributed by atoms with E-state index >= 15 is 0 Å². The Morgan fingerprint density at radius 1 is 1.42 bits per heavy atom. The van der Waals surface area contributed by atoms with E-state index < -0.39 is 0 Å². The van der Waals surface area contributed by atoms with E-state index in [1.165, 1.54) is 11.5 Å². The molecule has 0 atom stereocenters. The lowest BCUT2D eigenvalue weighted by atomic mass is 10.1. The standard InChI is InChI=1S/C13H14BClN2OS/c1-2-3-6-18-11-7-9(15)4-5-10(11)13-16-12(8-14)19-17-13/h4-5,7H,2-3,6,8H2,1H3. The fraction of sp³-hybridized carbons (Fsp3) is 0.385. The first-order valence-electron chi connectivity index (χ1n) is 6.20. The van der Waals surface area contributed by atoms with Gasteiger partial charge in [0.05, 0.1) is 20.0 Å². The largest absolute Gasteiger partial charge is 0.493 e. The predicted octanol–water partition coefficient (Wildman–Crippen LogP) is 3.71. The second kappa shape index (κ2) is 6.92. The van der Waals surface area contributed by atoms with E-state index in [1.807, 2.05) is 12.1 Å². The molecule has 0 aliphatic heterocycles. The number of rotatable bonds is 6. The van der Waals surface area contributed by atoms with Crippen LogP contribution in [-0.2, 0) is 6.32 Å². The van der Waals surface area contributed by atoms with Crippen LogP contribution in [0.4, 0.5) is 0 Å². The minimum absolute atomic E-state index is 0.400. The fourth-order valence-electron chi connectivity index (χ4n) is 1.57. The summed E-state index contributed by atoms with van der Waals surface area (Å²) in [5, 5.41) is 1.45. The molecule has 3 nitrogen and oxygen atoms in total. The summed E-state index contributed by atoms with van der Waals surface area (Å²) >= 11 is 7.32. The van der Waals surface area contributed by atoms with Crippen LogP contribution in [0.5, 0.6) is 5.75 Å². The number of halogens is 1. The second-order valence-corrected chi connectivity index (χ2v) is 5.33. The van der Waals surface area contributed by atoms with E-state index in [-0.39, 0.29) is 0 Å². The highest BCUT2D eigenvalue weighted by Crippen LogP contribution is 2.31. The Morgan fingerprint density at radius 2 is 2.26 bits per heavy atom. The molecule has 2 rings (SSSR count). The molecule has 0 fully saturated rings. The number of unbranched alkanes of at least 4 members (excludes halogenated alkanes) is 1. The summed E-state index contributed by atoms with van der Waals surface area (Å²) in [6.07, 6.45) is 2.49. The van der Waals surface area contributed by atoms with Crippen molar-refractivity contribution in [3.63, 3.8) is 0 Å². The van der Waals surface area contributed by atoms with Crippen LogP contribution in [0, 0.1) is 0 Å². The Bertz CT molecular complexity index is 547. The van der Waals surface area contributed by atoms with Crippen LogP contribution in [0.25, 0.3) is 11.4 Å². The molecule has 0 bridgehead atoms. The van der Waals surface area contributed by atoms with Gasteiger partial charge in [0.15, 0.2) is 5.82 Å². The van der Waals surface area contributed by atoms with Gasteiger partial charge >= 0.3 is 0 Å². The zero-order valence-corrected chi connectivity index (χ0v) is 12.3. The molecule has 6 heteroatoms. The average molecular weight is 293 g/mol. The normalized spacial score (nSPS) is 10.6. The van der Waals surface area contributed by atoms with Crippen LogP contribution in [-0.4, -0.2) is 23.8 Å². The smallest absolute Gasteiger partial charge is 0.176 e. The van der Waals surface area contributed by atoms with Crippen molar-refractivity contribution in [3.05, 3.63) is 28.2 Å². The molecule has 1 aromatic carbocycles. The molecule has 0 N–H and O–H groups in total. The Labute approximate surface area is 123 Å². The quantitative estimate of drug-likeness (QED) is 0.601. The molecule has 0 amide bonds. The molecule has 0 saturated heterocycles. The third-order valence-corrected chi connectivity index (χ3v) is 3.55. The van der Waals surface area contributed by atoms with Crippen molar-refractivity contribution in [2.75, 3.05) is 6.61 Å². The third-order valence-electron chi connectivity index (χ3n) is 2.58. The number of aromatic nitrogens is 2. The average Bonchev–Trinajstić information content (AvgIpc) is 2.88. The van der Waals surface area contributed by atoms with E-state index in [9.17, 15) is 0 Å². The molecule has 19 heavy (non-hydrogen) atoms. The van der Waals surface area contributed by atoms with E-state index in [0.29, 0.717) is 23.8 Å². The predicted molar refractivity (Wildman–Crippen MR) is 80.2 cm³/mol. The van der Waals surface area contributed by atoms with Gasteiger partial charge in [-0.3, -0.25) is 0 Å². The van der Waals surface area contributed by atoms with Crippen LogP contribution in [0.1, 0.15) is 24.8 Å². The molecule has 0 saturated carbocycles. The van der Waals surface area contributed by atoms with Crippen molar-refractivity contribution < 1.29 is 4.74 Å². The SMILES string of the molecule is [B]Cc1nc(-c2ccc(Cl)cc2OCCCC)ns1. The lowest BCUT2D eigenvalue weighted by Gasteiger charge is -2.09. The van der Waals surface area contributed by atoms with Crippen LogP contribution in [0.15, 0.2) is 18.2 Å². The van der Waals surface area contributed by atoms with E-state index in [4.69, 9.17) is 24.2 Å². The van der Waals surface area contributed by atoms with E-state index in [1.54, 1.807) is 6.07 Å². The lowest BCUT2D eigenvalue weighted by molar-refractivity contribution is 0.310. The lowest BCUT2D eigenvalue weighted by Crippen LogP contribution is -1.98. The van der Waals surface area contributed by atoms with Gasteiger partial charge in [0, 0.05) is 5.02 Å². The van der Waals surface area contributed by atoms with Gasteiger partial charge in [-0.2, -0.15) is 4.37 Å². The summed E-state index contributed by atoms with van der Waals surface area (Å²) < 4.78 is 10.1. The Hall–Kier alpha value is -1.07. The van der Waals surface area contributed by atoms with E-state index in [0.717, 1.165) is 29.2 Å². The van der Waals surface area contributed by atoms with Crippen LogP contribution >= 0.6 is 23.1 Å². The zero-order valence-electron chi connectivity index (χ0n) is 10.7. The van der Waals surface area contributed by atoms with Gasteiger partial charge in [-0.1, -0.05) is 24.9 Å². The molecular formula is C13H14BClN2OS. The maximum absolute atomic E-state index is 6.01. The highest BCUT2D eigenvalue weighted by Gasteiger charge is 2.12. The van der Waals surface area contributed by atoms with Gasteiger partial charge in [-0.15, -0.1) is 0 Å². The second-order valence-electron chi connectivity index (χ2n) is 4.06. The third kappa shape index (κ3) is 3.70. The summed E-state index contributed by atoms with van der Waals surface area (Å²) in [4.78, 5) is 4.38. The fourth-order valence-corrected chi connectivity index (χ4v) is 2.27. The molecular weight excluding hydrogens is 278 g/mol. The summed E-state index contributed by atoms with van der Waals surface area (Å²) in [6, 6.07) is 5.49. The highest BCUT2D eigenvalue weighted by atomic mass is 35.5. The molecule has 2 radical (unpaired) electrons. The van der Waals surface area contributed by atoms with Crippen LogP contribution in [0.2, 0.25) is 5.02 Å². The first kappa shape index (κ1) is 14.3. The number of ether oxygens (including phenoxy) is 1. The zero-order chi connectivity index (χ0) is 13.7. The molecule has 1 heterocycles. The van der Waals surface area contributed by atoms with Crippen molar-refractivity contribution in [2.24, 2.45) is 0 Å². The Balaban J connectivity index is 2.27. The van der Waals surface area contributed by atoms with Crippen molar-refractivity contribution >= 4 is 31.0 Å². The molecule has 0 unspecified atom stereocenters. The maximum atomic E-state index is 6.01. The number of nitrogens with zero attached hydrogens (tertiary/aromatic N) is 2. The number of hydrogen-bond donors (Lipinski definition) is 0. The minimum Gasteiger partial charge on any atom is -0.493 e. The summed E-state index contributed by atoms with van der Waals surface area (Å²) in [6.45, 7) is 2.79. The van der Waals surface area contributed by atoms with Gasteiger partial charge in [-0.05, 0) is 42.5 Å². The summed E-state index contributed by atoms with van der Waals surface area (Å²) in [5.41, 5.74) is 0.858. The molecule has 2 aromatic rings. The van der Waals surface area contributed by atoms with Gasteiger partial charge in [0.2, 0.25) is 0 Å². The minimum atomic E-state index is 0.400. The Morgan fingerprint density at radius 3 is 2.95 bits per heavy atom. The molecule has 0 spiro atoms. The maximum Gasteiger partial charge on any atom is 0.176 e. The first-order valence-corrected chi connectivity index (χ1v) is 7.35. The molecule has 0 aliphatic rings. The molecule has 1 aromatic heterocycles. The van der Waals surface area contributed by atoms with Gasteiger partial charge < -0.3 is 4.74 Å². The first-order chi connectivity index (χ1) is 9.24. The number of hydrogen-bond acceptors (Lipinski definition) is 4. The van der Waals surface area contributed by atoms with Crippen LogP contribution in [0.3, 0.4) is 0 Å². The van der Waals surface area contributed by atoms with Gasteiger partial charge in [0.1, 0.15) is 10.8 Å². The Kier molecular flexibility index (Phi) is 5.22. The molecule has 98 valence electrons. The monoisotopic (exact) mass is 292 g/mol. The van der Waals surface area contributed by atoms with Crippen molar-refractivity contribution in [2.45, 2.75) is 26.1 Å². The number of benzene rings is 1. The van der Waals surface area contributed by atoms with Crippen LogP contribution < -0.4 is 4.74 Å². The van der Waals surface area contributed by atoms with Gasteiger partial charge in [0.25, 0.3) is 0 Å². The molecule has 0 aliphatic carbocycles. The summed E-state index contributed by atoms with van der Waals surface area (Å²) in [7, 11) is 5.56. The topological polar surface area (TPSA) is 35.0 Å².